The summed E-state index contributed by atoms with van der Waals surface area (Å²) in [4.78, 5) is 12.1. The molecule has 3 rings (SSSR count). The van der Waals surface area contributed by atoms with Crippen LogP contribution in [0.25, 0.3) is 0 Å². The molecular formula is C17H21N3O2. The second-order valence-corrected chi connectivity index (χ2v) is 6.23. The first-order valence-corrected chi connectivity index (χ1v) is 7.68. The summed E-state index contributed by atoms with van der Waals surface area (Å²) in [6.07, 6.45) is 2.24. The van der Waals surface area contributed by atoms with Gasteiger partial charge in [0.1, 0.15) is 5.76 Å². The summed E-state index contributed by atoms with van der Waals surface area (Å²) < 4.78 is 5.20. The van der Waals surface area contributed by atoms with Crippen LogP contribution in [0.5, 0.6) is 0 Å². The quantitative estimate of drug-likeness (QED) is 0.886. The molecule has 5 nitrogen and oxygen atoms in total. The second kappa shape index (κ2) is 5.93. The number of hydrogen-bond acceptors (Lipinski definition) is 4. The average Bonchev–Trinajstić information content (AvgIpc) is 3.24. The average molecular weight is 299 g/mol. The molecule has 1 aliphatic rings. The van der Waals surface area contributed by atoms with Gasteiger partial charge in [0.05, 0.1) is 0 Å². The Morgan fingerprint density at radius 1 is 1.32 bits per heavy atom. The molecule has 5 heteroatoms. The summed E-state index contributed by atoms with van der Waals surface area (Å²) in [5.74, 6) is 1.38. The van der Waals surface area contributed by atoms with Crippen LogP contribution < -0.4 is 11.1 Å². The van der Waals surface area contributed by atoms with Gasteiger partial charge in [-0.15, -0.1) is 0 Å². The van der Waals surface area contributed by atoms with E-state index in [1.54, 1.807) is 6.07 Å². The highest BCUT2D eigenvalue weighted by molar-refractivity contribution is 6.02. The summed E-state index contributed by atoms with van der Waals surface area (Å²) in [6.45, 7) is 4.17. The molecule has 1 aromatic heterocycles. The molecule has 1 fully saturated rings. The molecule has 3 N–H and O–H groups in total. The Labute approximate surface area is 129 Å². The standard InChI is InChI=1S/C17H21N3O2/c1-10(2)16(18)12-5-7-13(8-6-12)19-17(21)14-9-15(22-20-14)11-3-4-11/h5-11,16H,3-4,18H2,1-2H3,(H,19,21). The molecule has 1 amide bonds. The van der Waals surface area contributed by atoms with Gasteiger partial charge in [-0.2, -0.15) is 0 Å². The number of nitrogens with two attached hydrogens (primary N) is 1. The molecule has 2 aromatic rings. The van der Waals surface area contributed by atoms with Crippen LogP contribution in [0.4, 0.5) is 5.69 Å². The van der Waals surface area contributed by atoms with E-state index < -0.39 is 0 Å². The zero-order valence-electron chi connectivity index (χ0n) is 12.9. The molecule has 22 heavy (non-hydrogen) atoms. The Bertz CT molecular complexity index is 657. The molecular weight excluding hydrogens is 278 g/mol. The molecule has 1 unspecified atom stereocenters. The maximum Gasteiger partial charge on any atom is 0.277 e. The number of aromatic nitrogens is 1. The van der Waals surface area contributed by atoms with Crippen LogP contribution in [0.15, 0.2) is 34.9 Å². The van der Waals surface area contributed by atoms with Crippen molar-refractivity contribution in [3.63, 3.8) is 0 Å². The minimum absolute atomic E-state index is 0.00129. The van der Waals surface area contributed by atoms with Crippen LogP contribution in [0.3, 0.4) is 0 Å². The number of nitrogens with one attached hydrogen (secondary N) is 1. The summed E-state index contributed by atoms with van der Waals surface area (Å²) in [5, 5.41) is 6.66. The van der Waals surface area contributed by atoms with Crippen molar-refractivity contribution in [1.29, 1.82) is 0 Å². The van der Waals surface area contributed by atoms with Gasteiger partial charge >= 0.3 is 0 Å². The number of anilines is 1. The van der Waals surface area contributed by atoms with E-state index in [0.29, 0.717) is 17.5 Å². The molecule has 1 saturated carbocycles. The molecule has 1 atom stereocenters. The summed E-state index contributed by atoms with van der Waals surface area (Å²) >= 11 is 0. The number of carbonyl (C=O) groups is 1. The fourth-order valence-corrected chi connectivity index (χ4v) is 2.33. The highest BCUT2D eigenvalue weighted by atomic mass is 16.5. The largest absolute Gasteiger partial charge is 0.360 e. The van der Waals surface area contributed by atoms with Crippen LogP contribution in [0.2, 0.25) is 0 Å². The van der Waals surface area contributed by atoms with Crippen LogP contribution in [-0.2, 0) is 0 Å². The molecule has 0 aliphatic heterocycles. The van der Waals surface area contributed by atoms with Gasteiger partial charge in [-0.05, 0) is 36.5 Å². The van der Waals surface area contributed by atoms with E-state index in [9.17, 15) is 4.79 Å². The lowest BCUT2D eigenvalue weighted by atomic mass is 9.97. The number of carbonyl (C=O) groups excluding carboxylic acids is 1. The Hall–Kier alpha value is -2.14. The minimum atomic E-state index is -0.253. The van der Waals surface area contributed by atoms with Crippen molar-refractivity contribution < 1.29 is 9.32 Å². The lowest BCUT2D eigenvalue weighted by Gasteiger charge is -2.16. The topological polar surface area (TPSA) is 81.1 Å². The van der Waals surface area contributed by atoms with Crippen molar-refractivity contribution in [2.75, 3.05) is 5.32 Å². The monoisotopic (exact) mass is 299 g/mol. The van der Waals surface area contributed by atoms with Gasteiger partial charge in [-0.1, -0.05) is 31.1 Å². The first-order valence-electron chi connectivity index (χ1n) is 7.68. The lowest BCUT2D eigenvalue weighted by Crippen LogP contribution is -2.17. The van der Waals surface area contributed by atoms with Crippen molar-refractivity contribution >= 4 is 11.6 Å². The van der Waals surface area contributed by atoms with E-state index >= 15 is 0 Å². The van der Waals surface area contributed by atoms with Gasteiger partial charge in [0.15, 0.2) is 5.69 Å². The summed E-state index contributed by atoms with van der Waals surface area (Å²) in [5.41, 5.74) is 8.21. The third-order valence-corrected chi connectivity index (χ3v) is 4.01. The molecule has 0 bridgehead atoms. The van der Waals surface area contributed by atoms with Gasteiger partial charge < -0.3 is 15.6 Å². The van der Waals surface area contributed by atoms with E-state index in [1.165, 1.54) is 0 Å². The van der Waals surface area contributed by atoms with Gasteiger partial charge in [0.2, 0.25) is 0 Å². The van der Waals surface area contributed by atoms with Crippen molar-refractivity contribution in [2.45, 2.75) is 38.6 Å². The molecule has 1 aromatic carbocycles. The third kappa shape index (κ3) is 3.20. The predicted molar refractivity (Wildman–Crippen MR) is 84.6 cm³/mol. The SMILES string of the molecule is CC(C)C(N)c1ccc(NC(=O)c2cc(C3CC3)on2)cc1. The predicted octanol–water partition coefficient (Wildman–Crippen LogP) is 3.46. The number of amides is 1. The van der Waals surface area contributed by atoms with Gasteiger partial charge in [0.25, 0.3) is 5.91 Å². The minimum Gasteiger partial charge on any atom is -0.360 e. The van der Waals surface area contributed by atoms with Gasteiger partial charge in [0, 0.05) is 23.7 Å². The summed E-state index contributed by atoms with van der Waals surface area (Å²) in [6, 6.07) is 9.34. The number of nitrogens with zero attached hydrogens (tertiary/aromatic N) is 1. The van der Waals surface area contributed by atoms with E-state index in [4.69, 9.17) is 10.3 Å². The lowest BCUT2D eigenvalue weighted by molar-refractivity contribution is 0.101. The van der Waals surface area contributed by atoms with Crippen molar-refractivity contribution in [1.82, 2.24) is 5.16 Å². The normalized spacial score (nSPS) is 15.8. The van der Waals surface area contributed by atoms with E-state index in [1.807, 2.05) is 24.3 Å². The van der Waals surface area contributed by atoms with Crippen LogP contribution in [0, 0.1) is 5.92 Å². The fraction of sp³-hybridized carbons (Fsp3) is 0.412. The van der Waals surface area contributed by atoms with Crippen molar-refractivity contribution in [3.8, 4) is 0 Å². The Morgan fingerprint density at radius 3 is 2.59 bits per heavy atom. The van der Waals surface area contributed by atoms with E-state index in [-0.39, 0.29) is 11.9 Å². The van der Waals surface area contributed by atoms with E-state index in [2.05, 4.69) is 24.3 Å². The number of rotatable bonds is 5. The van der Waals surface area contributed by atoms with Crippen molar-refractivity contribution in [3.05, 3.63) is 47.3 Å². The van der Waals surface area contributed by atoms with Crippen LogP contribution >= 0.6 is 0 Å². The van der Waals surface area contributed by atoms with Crippen LogP contribution in [-0.4, -0.2) is 11.1 Å². The van der Waals surface area contributed by atoms with Gasteiger partial charge in [-0.25, -0.2) is 0 Å². The highest BCUT2D eigenvalue weighted by Gasteiger charge is 2.28. The molecule has 0 radical (unpaired) electrons. The third-order valence-electron chi connectivity index (χ3n) is 4.01. The highest BCUT2D eigenvalue weighted by Crippen LogP contribution is 2.40. The first kappa shape index (κ1) is 14.8. The Balaban J connectivity index is 1.65. The fourth-order valence-electron chi connectivity index (χ4n) is 2.33. The smallest absolute Gasteiger partial charge is 0.277 e. The zero-order valence-corrected chi connectivity index (χ0v) is 12.9. The summed E-state index contributed by atoms with van der Waals surface area (Å²) in [7, 11) is 0. The number of hydrogen-bond donors (Lipinski definition) is 2. The second-order valence-electron chi connectivity index (χ2n) is 6.23. The Morgan fingerprint density at radius 2 is 2.00 bits per heavy atom. The van der Waals surface area contributed by atoms with Gasteiger partial charge in [-0.3, -0.25) is 4.79 Å². The van der Waals surface area contributed by atoms with Crippen molar-refractivity contribution in [2.24, 2.45) is 11.7 Å². The molecule has 0 spiro atoms. The first-order chi connectivity index (χ1) is 10.5. The number of benzene rings is 1. The molecule has 116 valence electrons. The zero-order chi connectivity index (χ0) is 15.7. The molecule has 1 heterocycles. The maximum absolute atomic E-state index is 12.1. The van der Waals surface area contributed by atoms with Crippen LogP contribution in [0.1, 0.15) is 60.5 Å². The Kier molecular flexibility index (Phi) is 3.98. The van der Waals surface area contributed by atoms with E-state index in [0.717, 1.165) is 29.9 Å². The molecule has 0 saturated heterocycles. The molecule has 1 aliphatic carbocycles. The maximum atomic E-state index is 12.1.